The molecule has 0 aliphatic heterocycles. The molecule has 0 aliphatic rings. The molecule has 4 nitrogen and oxygen atoms in total. The SMILES string of the molecule is CCCCC(N)OS(=O)(=O)c1ccc(C)cc1. The fourth-order valence-electron chi connectivity index (χ4n) is 1.38. The first-order chi connectivity index (χ1) is 7.95. The minimum absolute atomic E-state index is 0.148. The quantitative estimate of drug-likeness (QED) is 0.626. The van der Waals surface area contributed by atoms with Gasteiger partial charge in [-0.2, -0.15) is 8.42 Å². The van der Waals surface area contributed by atoms with Gasteiger partial charge in [0.25, 0.3) is 10.1 Å². The van der Waals surface area contributed by atoms with Gasteiger partial charge in [0, 0.05) is 0 Å². The molecule has 1 aromatic carbocycles. The summed E-state index contributed by atoms with van der Waals surface area (Å²) in [4.78, 5) is 0.148. The predicted molar refractivity (Wildman–Crippen MR) is 67.0 cm³/mol. The molecule has 0 amide bonds. The normalized spacial score (nSPS) is 13.6. The Morgan fingerprint density at radius 1 is 1.29 bits per heavy atom. The highest BCUT2D eigenvalue weighted by Crippen LogP contribution is 2.15. The predicted octanol–water partition coefficient (Wildman–Crippen LogP) is 2.18. The van der Waals surface area contributed by atoms with Gasteiger partial charge in [-0.3, -0.25) is 0 Å². The lowest BCUT2D eigenvalue weighted by molar-refractivity contribution is 0.203. The van der Waals surface area contributed by atoms with E-state index >= 15 is 0 Å². The summed E-state index contributed by atoms with van der Waals surface area (Å²) in [5, 5.41) is 0. The average Bonchev–Trinajstić information content (AvgIpc) is 2.26. The number of aryl methyl sites for hydroxylation is 1. The van der Waals surface area contributed by atoms with Crippen LogP contribution in [0.4, 0.5) is 0 Å². The Morgan fingerprint density at radius 3 is 2.41 bits per heavy atom. The number of hydrogen-bond acceptors (Lipinski definition) is 4. The molecule has 0 radical (unpaired) electrons. The lowest BCUT2D eigenvalue weighted by Crippen LogP contribution is -2.27. The molecule has 96 valence electrons. The molecule has 1 rings (SSSR count). The van der Waals surface area contributed by atoms with Crippen molar-refractivity contribution >= 4 is 10.1 Å². The van der Waals surface area contributed by atoms with Gasteiger partial charge in [0.1, 0.15) is 6.23 Å². The largest absolute Gasteiger partial charge is 0.305 e. The molecule has 0 aliphatic carbocycles. The Balaban J connectivity index is 2.71. The number of rotatable bonds is 6. The molecule has 0 heterocycles. The summed E-state index contributed by atoms with van der Waals surface area (Å²) in [6.45, 7) is 3.91. The van der Waals surface area contributed by atoms with Gasteiger partial charge in [-0.25, -0.2) is 4.18 Å². The third-order valence-electron chi connectivity index (χ3n) is 2.40. The van der Waals surface area contributed by atoms with Crippen molar-refractivity contribution in [1.29, 1.82) is 0 Å². The molecule has 0 saturated heterocycles. The second kappa shape index (κ2) is 6.14. The lowest BCUT2D eigenvalue weighted by atomic mass is 10.2. The Hall–Kier alpha value is -0.910. The van der Waals surface area contributed by atoms with Gasteiger partial charge >= 0.3 is 0 Å². The van der Waals surface area contributed by atoms with Gasteiger partial charge in [-0.1, -0.05) is 31.0 Å². The third-order valence-corrected chi connectivity index (χ3v) is 3.75. The lowest BCUT2D eigenvalue weighted by Gasteiger charge is -2.12. The number of nitrogens with two attached hydrogens (primary N) is 1. The molecular weight excluding hydrogens is 238 g/mol. The Labute approximate surface area is 103 Å². The Kier molecular flexibility index (Phi) is 5.11. The standard InChI is InChI=1S/C12H19NO3S/c1-3-4-5-12(13)16-17(14,15)11-8-6-10(2)7-9-11/h6-9,12H,3-5,13H2,1-2H3. The van der Waals surface area contributed by atoms with E-state index in [4.69, 9.17) is 9.92 Å². The Morgan fingerprint density at radius 2 is 1.88 bits per heavy atom. The summed E-state index contributed by atoms with van der Waals surface area (Å²) in [6, 6.07) is 6.51. The molecule has 17 heavy (non-hydrogen) atoms. The average molecular weight is 257 g/mol. The van der Waals surface area contributed by atoms with Crippen LogP contribution < -0.4 is 5.73 Å². The van der Waals surface area contributed by atoms with Crippen LogP contribution in [0.25, 0.3) is 0 Å². The van der Waals surface area contributed by atoms with E-state index in [9.17, 15) is 8.42 Å². The summed E-state index contributed by atoms with van der Waals surface area (Å²) in [5.74, 6) is 0. The van der Waals surface area contributed by atoms with Crippen LogP contribution in [-0.2, 0) is 14.3 Å². The molecule has 0 fully saturated rings. The number of benzene rings is 1. The van der Waals surface area contributed by atoms with Crippen LogP contribution in [0.2, 0.25) is 0 Å². The summed E-state index contributed by atoms with van der Waals surface area (Å²) >= 11 is 0. The molecule has 0 bridgehead atoms. The van der Waals surface area contributed by atoms with E-state index in [2.05, 4.69) is 0 Å². The first kappa shape index (κ1) is 14.2. The molecule has 1 aromatic rings. The fraction of sp³-hybridized carbons (Fsp3) is 0.500. The molecule has 2 N–H and O–H groups in total. The van der Waals surface area contributed by atoms with Crippen molar-refractivity contribution in [3.63, 3.8) is 0 Å². The van der Waals surface area contributed by atoms with E-state index in [0.717, 1.165) is 18.4 Å². The summed E-state index contributed by atoms with van der Waals surface area (Å²) in [6.07, 6.45) is 1.59. The monoisotopic (exact) mass is 257 g/mol. The maximum absolute atomic E-state index is 11.8. The van der Waals surface area contributed by atoms with Crippen LogP contribution in [0.5, 0.6) is 0 Å². The van der Waals surface area contributed by atoms with E-state index in [1.807, 2.05) is 13.8 Å². The smallest absolute Gasteiger partial charge is 0.298 e. The van der Waals surface area contributed by atoms with E-state index in [-0.39, 0.29) is 4.90 Å². The second-order valence-corrected chi connectivity index (χ2v) is 5.62. The molecule has 1 atom stereocenters. The number of unbranched alkanes of at least 4 members (excludes halogenated alkanes) is 1. The van der Waals surface area contributed by atoms with Crippen LogP contribution in [0.1, 0.15) is 31.7 Å². The van der Waals surface area contributed by atoms with Crippen LogP contribution >= 0.6 is 0 Å². The molecular formula is C12H19NO3S. The van der Waals surface area contributed by atoms with Gasteiger partial charge < -0.3 is 5.73 Å². The van der Waals surface area contributed by atoms with Gasteiger partial charge in [-0.15, -0.1) is 0 Å². The summed E-state index contributed by atoms with van der Waals surface area (Å²) in [5.41, 5.74) is 6.61. The van der Waals surface area contributed by atoms with Gasteiger partial charge in [0.2, 0.25) is 0 Å². The van der Waals surface area contributed by atoms with E-state index in [1.54, 1.807) is 12.1 Å². The highest BCUT2D eigenvalue weighted by Gasteiger charge is 2.18. The van der Waals surface area contributed by atoms with Crippen molar-refractivity contribution in [2.24, 2.45) is 5.73 Å². The molecule has 0 spiro atoms. The maximum Gasteiger partial charge on any atom is 0.298 e. The fourth-order valence-corrected chi connectivity index (χ4v) is 2.38. The van der Waals surface area contributed by atoms with Crippen molar-refractivity contribution in [3.05, 3.63) is 29.8 Å². The first-order valence-electron chi connectivity index (χ1n) is 5.71. The molecule has 5 heteroatoms. The zero-order chi connectivity index (χ0) is 12.9. The Bertz CT molecular complexity index is 439. The molecule has 1 unspecified atom stereocenters. The first-order valence-corrected chi connectivity index (χ1v) is 7.12. The summed E-state index contributed by atoms with van der Waals surface area (Å²) < 4.78 is 28.5. The van der Waals surface area contributed by atoms with E-state index in [1.165, 1.54) is 12.1 Å². The van der Waals surface area contributed by atoms with Gasteiger partial charge in [0.05, 0.1) is 4.90 Å². The second-order valence-electron chi connectivity index (χ2n) is 4.04. The zero-order valence-electron chi connectivity index (χ0n) is 10.2. The number of hydrogen-bond donors (Lipinski definition) is 1. The van der Waals surface area contributed by atoms with Crippen molar-refractivity contribution in [2.45, 2.75) is 44.2 Å². The zero-order valence-corrected chi connectivity index (χ0v) is 11.0. The van der Waals surface area contributed by atoms with Crippen LogP contribution in [0.3, 0.4) is 0 Å². The maximum atomic E-state index is 11.8. The highest BCUT2D eigenvalue weighted by atomic mass is 32.2. The minimum Gasteiger partial charge on any atom is -0.305 e. The van der Waals surface area contributed by atoms with Gasteiger partial charge in [-0.05, 0) is 31.9 Å². The van der Waals surface area contributed by atoms with Gasteiger partial charge in [0.15, 0.2) is 0 Å². The molecule has 0 saturated carbocycles. The third kappa shape index (κ3) is 4.46. The van der Waals surface area contributed by atoms with Crippen molar-refractivity contribution < 1.29 is 12.6 Å². The van der Waals surface area contributed by atoms with Crippen LogP contribution in [-0.4, -0.2) is 14.6 Å². The highest BCUT2D eigenvalue weighted by molar-refractivity contribution is 7.86. The van der Waals surface area contributed by atoms with Crippen LogP contribution in [0.15, 0.2) is 29.2 Å². The minimum atomic E-state index is -3.73. The summed E-state index contributed by atoms with van der Waals surface area (Å²) in [7, 11) is -3.73. The van der Waals surface area contributed by atoms with E-state index < -0.39 is 16.3 Å². The molecule has 0 aromatic heterocycles. The topological polar surface area (TPSA) is 69.4 Å². The van der Waals surface area contributed by atoms with Crippen molar-refractivity contribution in [3.8, 4) is 0 Å². The van der Waals surface area contributed by atoms with Crippen molar-refractivity contribution in [1.82, 2.24) is 0 Å². The van der Waals surface area contributed by atoms with Crippen molar-refractivity contribution in [2.75, 3.05) is 0 Å². The van der Waals surface area contributed by atoms with Crippen LogP contribution in [0, 0.1) is 6.92 Å². The van der Waals surface area contributed by atoms with E-state index in [0.29, 0.717) is 6.42 Å².